The third kappa shape index (κ3) is 3.02. The van der Waals surface area contributed by atoms with Crippen LogP contribution >= 0.6 is 0 Å². The molecule has 0 aliphatic rings. The van der Waals surface area contributed by atoms with Crippen molar-refractivity contribution >= 4 is 16.9 Å². The van der Waals surface area contributed by atoms with E-state index in [4.69, 9.17) is 4.74 Å². The van der Waals surface area contributed by atoms with E-state index in [1.807, 2.05) is 0 Å². The van der Waals surface area contributed by atoms with Crippen LogP contribution in [0.2, 0.25) is 0 Å². The molecule has 5 heteroatoms. The highest BCUT2D eigenvalue weighted by atomic mass is 19.1. The number of allylic oxidation sites excluding steroid dienone is 1. The number of hydrogen-bond acceptors (Lipinski definition) is 3. The van der Waals surface area contributed by atoms with Crippen LogP contribution in [0.4, 0.5) is 4.39 Å². The summed E-state index contributed by atoms with van der Waals surface area (Å²) >= 11 is 0. The third-order valence-corrected chi connectivity index (χ3v) is 3.14. The molecule has 1 aromatic carbocycles. The Kier molecular flexibility index (Phi) is 4.52. The molecule has 0 amide bonds. The molecule has 4 nitrogen and oxygen atoms in total. The van der Waals surface area contributed by atoms with Crippen LogP contribution in [0, 0.1) is 5.82 Å². The highest BCUT2D eigenvalue weighted by Gasteiger charge is 2.14. The number of hydrogen-bond donors (Lipinski definition) is 0. The number of nitrogens with zero attached hydrogens (tertiary/aromatic N) is 1. The molecule has 0 atom stereocenters. The fourth-order valence-corrected chi connectivity index (χ4v) is 2.28. The number of aromatic nitrogens is 1. The van der Waals surface area contributed by atoms with Gasteiger partial charge in [0.15, 0.2) is 0 Å². The molecule has 0 aliphatic heterocycles. The SMILES string of the molecule is C=CCc1c(F)ccc2ccc(=O)n(CC(=O)OCC)c12. The van der Waals surface area contributed by atoms with Crippen molar-refractivity contribution in [3.8, 4) is 0 Å². The minimum absolute atomic E-state index is 0.228. The number of halogens is 1. The molecule has 2 aromatic rings. The molecule has 1 aromatic heterocycles. The van der Waals surface area contributed by atoms with E-state index in [0.29, 0.717) is 16.5 Å². The molecule has 0 fully saturated rings. The van der Waals surface area contributed by atoms with E-state index >= 15 is 0 Å². The van der Waals surface area contributed by atoms with Crippen LogP contribution in [0.3, 0.4) is 0 Å². The first kappa shape index (κ1) is 15.0. The van der Waals surface area contributed by atoms with Crippen molar-refractivity contribution in [3.05, 3.63) is 58.7 Å². The first-order valence-electron chi connectivity index (χ1n) is 6.66. The van der Waals surface area contributed by atoms with Crippen molar-refractivity contribution in [2.45, 2.75) is 19.9 Å². The number of ether oxygens (including phenoxy) is 1. The van der Waals surface area contributed by atoms with Gasteiger partial charge in [-0.3, -0.25) is 14.2 Å². The fraction of sp³-hybridized carbons (Fsp3) is 0.250. The molecule has 21 heavy (non-hydrogen) atoms. The molecule has 0 saturated heterocycles. The molecule has 0 N–H and O–H groups in total. The van der Waals surface area contributed by atoms with E-state index in [2.05, 4.69) is 6.58 Å². The minimum Gasteiger partial charge on any atom is -0.465 e. The van der Waals surface area contributed by atoms with E-state index in [1.54, 1.807) is 25.1 Å². The molecule has 2 rings (SSSR count). The average Bonchev–Trinajstić information content (AvgIpc) is 2.45. The number of benzene rings is 1. The second kappa shape index (κ2) is 6.35. The molecule has 0 bridgehead atoms. The molecule has 0 radical (unpaired) electrons. The molecular weight excluding hydrogens is 273 g/mol. The lowest BCUT2D eigenvalue weighted by atomic mass is 10.1. The number of carbonyl (C=O) groups is 1. The zero-order valence-corrected chi connectivity index (χ0v) is 11.8. The predicted molar refractivity (Wildman–Crippen MR) is 78.7 cm³/mol. The maximum absolute atomic E-state index is 14.0. The first-order chi connectivity index (χ1) is 10.1. The van der Waals surface area contributed by atoms with Crippen molar-refractivity contribution in [3.63, 3.8) is 0 Å². The Morgan fingerprint density at radius 3 is 2.76 bits per heavy atom. The molecule has 110 valence electrons. The van der Waals surface area contributed by atoms with Gasteiger partial charge >= 0.3 is 5.97 Å². The Bertz CT molecular complexity index is 749. The lowest BCUT2D eigenvalue weighted by Gasteiger charge is -2.13. The standard InChI is InChI=1S/C16H16FNO3/c1-3-5-12-13(17)8-6-11-7-9-14(19)18(16(11)12)10-15(20)21-4-2/h3,6-9H,1,4-5,10H2,2H3. The van der Waals surface area contributed by atoms with Crippen LogP contribution in [0.15, 0.2) is 41.7 Å². The number of fused-ring (bicyclic) bond motifs is 1. The topological polar surface area (TPSA) is 48.3 Å². The highest BCUT2D eigenvalue weighted by molar-refractivity contribution is 5.84. The molecular formula is C16H16FNO3. The second-order valence-electron chi connectivity index (χ2n) is 4.52. The summed E-state index contributed by atoms with van der Waals surface area (Å²) in [6, 6.07) is 5.90. The van der Waals surface area contributed by atoms with Gasteiger partial charge in [0.25, 0.3) is 5.56 Å². The first-order valence-corrected chi connectivity index (χ1v) is 6.66. The van der Waals surface area contributed by atoms with Crippen molar-refractivity contribution in [2.24, 2.45) is 0 Å². The van der Waals surface area contributed by atoms with Gasteiger partial charge in [0.2, 0.25) is 0 Å². The van der Waals surface area contributed by atoms with Crippen LogP contribution in [-0.4, -0.2) is 17.1 Å². The Morgan fingerprint density at radius 1 is 1.38 bits per heavy atom. The van der Waals surface area contributed by atoms with Crippen LogP contribution < -0.4 is 5.56 Å². The van der Waals surface area contributed by atoms with E-state index in [-0.39, 0.29) is 25.1 Å². The zero-order valence-electron chi connectivity index (χ0n) is 11.8. The van der Waals surface area contributed by atoms with Gasteiger partial charge < -0.3 is 4.74 Å². The summed E-state index contributed by atoms with van der Waals surface area (Å²) in [5.74, 6) is -0.952. The monoisotopic (exact) mass is 289 g/mol. The van der Waals surface area contributed by atoms with Crippen LogP contribution in [-0.2, 0) is 22.5 Å². The summed E-state index contributed by atoms with van der Waals surface area (Å²) in [6.07, 6.45) is 1.83. The van der Waals surface area contributed by atoms with Gasteiger partial charge in [-0.1, -0.05) is 6.08 Å². The fourth-order valence-electron chi connectivity index (χ4n) is 2.28. The molecule has 1 heterocycles. The maximum Gasteiger partial charge on any atom is 0.326 e. The summed E-state index contributed by atoms with van der Waals surface area (Å²) in [7, 11) is 0. The van der Waals surface area contributed by atoms with Gasteiger partial charge in [0.1, 0.15) is 12.4 Å². The maximum atomic E-state index is 14.0. The van der Waals surface area contributed by atoms with E-state index in [0.717, 1.165) is 0 Å². The summed E-state index contributed by atoms with van der Waals surface area (Å²) in [5, 5.41) is 0.692. The lowest BCUT2D eigenvalue weighted by Crippen LogP contribution is -2.25. The van der Waals surface area contributed by atoms with Crippen LogP contribution in [0.1, 0.15) is 12.5 Å². The second-order valence-corrected chi connectivity index (χ2v) is 4.52. The summed E-state index contributed by atoms with van der Waals surface area (Å²) < 4.78 is 20.1. The quantitative estimate of drug-likeness (QED) is 0.627. The number of rotatable bonds is 5. The number of esters is 1. The van der Waals surface area contributed by atoms with Crippen molar-refractivity contribution in [1.29, 1.82) is 0 Å². The smallest absolute Gasteiger partial charge is 0.326 e. The van der Waals surface area contributed by atoms with Crippen molar-refractivity contribution < 1.29 is 13.9 Å². The lowest BCUT2D eigenvalue weighted by molar-refractivity contribution is -0.143. The molecule has 0 spiro atoms. The van der Waals surface area contributed by atoms with Gasteiger partial charge in [-0.15, -0.1) is 6.58 Å². The van der Waals surface area contributed by atoms with Crippen molar-refractivity contribution in [2.75, 3.05) is 6.61 Å². The number of pyridine rings is 1. The van der Waals surface area contributed by atoms with Gasteiger partial charge in [-0.25, -0.2) is 4.39 Å². The predicted octanol–water partition coefficient (Wildman–Crippen LogP) is 2.43. The average molecular weight is 289 g/mol. The van der Waals surface area contributed by atoms with Gasteiger partial charge in [-0.05, 0) is 36.9 Å². The normalized spacial score (nSPS) is 10.6. The molecule has 0 unspecified atom stereocenters. The van der Waals surface area contributed by atoms with Crippen LogP contribution in [0.25, 0.3) is 10.9 Å². The Balaban J connectivity index is 2.69. The van der Waals surface area contributed by atoms with E-state index in [1.165, 1.54) is 16.7 Å². The van der Waals surface area contributed by atoms with Crippen molar-refractivity contribution in [1.82, 2.24) is 4.57 Å². The summed E-state index contributed by atoms with van der Waals surface area (Å²) in [4.78, 5) is 23.7. The van der Waals surface area contributed by atoms with Gasteiger partial charge in [-0.2, -0.15) is 0 Å². The largest absolute Gasteiger partial charge is 0.465 e. The highest BCUT2D eigenvalue weighted by Crippen LogP contribution is 2.21. The van der Waals surface area contributed by atoms with Gasteiger partial charge in [0, 0.05) is 11.6 Å². The van der Waals surface area contributed by atoms with Gasteiger partial charge in [0.05, 0.1) is 12.1 Å². The summed E-state index contributed by atoms with van der Waals surface area (Å²) in [5.41, 5.74) is 0.395. The van der Waals surface area contributed by atoms with E-state index < -0.39 is 11.8 Å². The Hall–Kier alpha value is -2.43. The van der Waals surface area contributed by atoms with E-state index in [9.17, 15) is 14.0 Å². The van der Waals surface area contributed by atoms with Crippen LogP contribution in [0.5, 0.6) is 0 Å². The zero-order chi connectivity index (χ0) is 15.4. The Labute approximate surface area is 121 Å². The molecule has 0 aliphatic carbocycles. The third-order valence-electron chi connectivity index (χ3n) is 3.14. The Morgan fingerprint density at radius 2 is 2.10 bits per heavy atom. The number of carbonyl (C=O) groups excluding carboxylic acids is 1. The minimum atomic E-state index is -0.527. The molecule has 0 saturated carbocycles. The summed E-state index contributed by atoms with van der Waals surface area (Å²) in [6.45, 7) is 5.28.